The van der Waals surface area contributed by atoms with Crippen molar-refractivity contribution in [1.29, 1.82) is 0 Å². The van der Waals surface area contributed by atoms with Gasteiger partial charge in [-0.1, -0.05) is 36.4 Å². The Labute approximate surface area is 180 Å². The van der Waals surface area contributed by atoms with Crippen molar-refractivity contribution in [2.75, 3.05) is 5.32 Å². The van der Waals surface area contributed by atoms with Gasteiger partial charge in [0.2, 0.25) is 17.7 Å². The number of anilines is 1. The molecule has 5 unspecified atom stereocenters. The van der Waals surface area contributed by atoms with Gasteiger partial charge in [-0.25, -0.2) is 0 Å². The third-order valence-corrected chi connectivity index (χ3v) is 6.89. The highest BCUT2D eigenvalue weighted by Gasteiger charge is 2.60. The first-order valence-electron chi connectivity index (χ1n) is 10.6. The summed E-state index contributed by atoms with van der Waals surface area (Å²) in [5.41, 5.74) is 2.29. The van der Waals surface area contributed by atoms with Crippen LogP contribution in [0.1, 0.15) is 30.0 Å². The minimum absolute atomic E-state index is 0.0224. The van der Waals surface area contributed by atoms with Gasteiger partial charge in [-0.2, -0.15) is 0 Å². The summed E-state index contributed by atoms with van der Waals surface area (Å²) in [6.45, 7) is 1.93. The van der Waals surface area contributed by atoms with E-state index >= 15 is 0 Å². The number of phenols is 1. The predicted octanol–water partition coefficient (Wildman–Crippen LogP) is 3.58. The number of hydrogen-bond acceptors (Lipinski definition) is 4. The molecule has 2 N–H and O–H groups in total. The number of fused-ring (bicyclic) bond motifs is 5. The van der Waals surface area contributed by atoms with Crippen molar-refractivity contribution in [3.63, 3.8) is 0 Å². The zero-order chi connectivity index (χ0) is 21.7. The maximum absolute atomic E-state index is 13.4. The molecule has 31 heavy (non-hydrogen) atoms. The molecule has 2 aliphatic carbocycles. The summed E-state index contributed by atoms with van der Waals surface area (Å²) in [4.78, 5) is 41.1. The van der Waals surface area contributed by atoms with Crippen molar-refractivity contribution in [2.45, 2.75) is 25.8 Å². The van der Waals surface area contributed by atoms with Crippen LogP contribution in [0, 0.1) is 30.6 Å². The Bertz CT molecular complexity index is 1060. The number of aromatic hydroxyl groups is 1. The van der Waals surface area contributed by atoms with Crippen LogP contribution >= 0.6 is 0 Å². The molecule has 2 aromatic rings. The van der Waals surface area contributed by atoms with Gasteiger partial charge in [-0.05, 0) is 60.6 Å². The van der Waals surface area contributed by atoms with Gasteiger partial charge in [0.1, 0.15) is 5.75 Å². The van der Waals surface area contributed by atoms with Gasteiger partial charge in [0.05, 0.1) is 24.3 Å². The number of nitrogens with one attached hydrogen (secondary N) is 1. The van der Waals surface area contributed by atoms with Crippen molar-refractivity contribution in [1.82, 2.24) is 4.90 Å². The van der Waals surface area contributed by atoms with Crippen molar-refractivity contribution in [3.8, 4) is 5.75 Å². The molecule has 158 valence electrons. The fourth-order valence-corrected chi connectivity index (χ4v) is 5.47. The average molecular weight is 416 g/mol. The van der Waals surface area contributed by atoms with Crippen LogP contribution in [0.3, 0.4) is 0 Å². The fraction of sp³-hybridized carbons (Fsp3) is 0.320. The van der Waals surface area contributed by atoms with Crippen LogP contribution < -0.4 is 5.32 Å². The predicted molar refractivity (Wildman–Crippen MR) is 115 cm³/mol. The quantitative estimate of drug-likeness (QED) is 0.443. The fourth-order valence-electron chi connectivity index (χ4n) is 5.47. The normalized spacial score (nSPS) is 26.9. The van der Waals surface area contributed by atoms with E-state index in [9.17, 15) is 19.5 Å². The first-order chi connectivity index (χ1) is 14.9. The topological polar surface area (TPSA) is 86.7 Å². The number of likely N-dealkylation sites (tertiary alicyclic amines) is 1. The second-order valence-electron chi connectivity index (χ2n) is 8.72. The number of allylic oxidation sites excluding steroid dienone is 2. The third kappa shape index (κ3) is 3.23. The van der Waals surface area contributed by atoms with Crippen LogP contribution in [0.5, 0.6) is 5.75 Å². The van der Waals surface area contributed by atoms with Gasteiger partial charge >= 0.3 is 0 Å². The minimum Gasteiger partial charge on any atom is -0.508 e. The molecule has 0 aromatic heterocycles. The molecule has 1 saturated carbocycles. The number of amides is 3. The zero-order valence-corrected chi connectivity index (χ0v) is 17.2. The maximum Gasteiger partial charge on any atom is 0.234 e. The van der Waals surface area contributed by atoms with Crippen LogP contribution in [0.4, 0.5) is 5.69 Å². The highest BCUT2D eigenvalue weighted by Crippen LogP contribution is 2.54. The number of carbonyl (C=O) groups is 3. The zero-order valence-electron chi connectivity index (χ0n) is 17.2. The minimum atomic E-state index is -0.650. The number of nitrogens with zero attached hydrogens (tertiary/aromatic N) is 1. The third-order valence-electron chi connectivity index (χ3n) is 6.89. The Morgan fingerprint density at radius 2 is 1.65 bits per heavy atom. The summed E-state index contributed by atoms with van der Waals surface area (Å²) in [6.07, 6.45) is 4.99. The molecule has 5 rings (SSSR count). The van der Waals surface area contributed by atoms with Crippen LogP contribution in [0.25, 0.3) is 0 Å². The van der Waals surface area contributed by atoms with Crippen molar-refractivity contribution in [3.05, 3.63) is 71.8 Å². The van der Waals surface area contributed by atoms with Gasteiger partial charge in [-0.15, -0.1) is 0 Å². The number of benzene rings is 2. The van der Waals surface area contributed by atoms with Crippen molar-refractivity contribution < 1.29 is 19.5 Å². The molecular formula is C25H24N2O4. The standard InChI is InChI=1S/C25H24N2O4/c1-14-4-2-3-5-19(14)20(13-21(29)26-17-8-10-18(28)11-9-17)27-24(30)22-15-6-7-16(12-15)23(22)25(27)31/h2-11,15-16,20,22-23,28H,12-13H2,1H3,(H,26,29). The van der Waals surface area contributed by atoms with Gasteiger partial charge in [0.15, 0.2) is 0 Å². The Balaban J connectivity index is 1.45. The first-order valence-corrected chi connectivity index (χ1v) is 10.6. The lowest BCUT2D eigenvalue weighted by molar-refractivity contribution is -0.144. The number of carbonyl (C=O) groups excluding carboxylic acids is 3. The number of rotatable bonds is 5. The van der Waals surface area contributed by atoms with Gasteiger partial charge < -0.3 is 10.4 Å². The lowest BCUT2D eigenvalue weighted by Gasteiger charge is -2.29. The maximum atomic E-state index is 13.4. The summed E-state index contributed by atoms with van der Waals surface area (Å²) in [7, 11) is 0. The lowest BCUT2D eigenvalue weighted by Crippen LogP contribution is -2.38. The van der Waals surface area contributed by atoms with Crippen LogP contribution in [-0.2, 0) is 14.4 Å². The molecular weight excluding hydrogens is 392 g/mol. The monoisotopic (exact) mass is 416 g/mol. The van der Waals surface area contributed by atoms with Crippen LogP contribution in [-0.4, -0.2) is 27.7 Å². The molecule has 3 aliphatic rings. The highest BCUT2D eigenvalue weighted by atomic mass is 16.3. The van der Waals surface area contributed by atoms with Gasteiger partial charge in [0, 0.05) is 5.69 Å². The molecule has 2 aromatic carbocycles. The lowest BCUT2D eigenvalue weighted by atomic mass is 9.85. The second kappa shape index (κ2) is 7.38. The molecule has 0 spiro atoms. The number of imide groups is 1. The summed E-state index contributed by atoms with van der Waals surface area (Å²) in [6, 6.07) is 13.1. The van der Waals surface area contributed by atoms with E-state index in [1.54, 1.807) is 12.1 Å². The largest absolute Gasteiger partial charge is 0.508 e. The molecule has 6 heteroatoms. The Morgan fingerprint density at radius 1 is 1.03 bits per heavy atom. The Kier molecular flexibility index (Phi) is 4.65. The van der Waals surface area contributed by atoms with E-state index < -0.39 is 6.04 Å². The Hall–Kier alpha value is -3.41. The van der Waals surface area contributed by atoms with E-state index in [1.807, 2.05) is 31.2 Å². The Morgan fingerprint density at radius 3 is 2.26 bits per heavy atom. The van der Waals surface area contributed by atoms with Gasteiger partial charge in [0.25, 0.3) is 0 Å². The van der Waals surface area contributed by atoms with E-state index in [0.717, 1.165) is 17.5 Å². The SMILES string of the molecule is Cc1ccccc1C(CC(=O)Nc1ccc(O)cc1)N1C(=O)C2C3C=CC(C3)C2C1=O. The summed E-state index contributed by atoms with van der Waals surface area (Å²) >= 11 is 0. The highest BCUT2D eigenvalue weighted by molar-refractivity contribution is 6.07. The molecule has 1 heterocycles. The molecule has 5 atom stereocenters. The van der Waals surface area contributed by atoms with E-state index in [2.05, 4.69) is 17.5 Å². The van der Waals surface area contributed by atoms with Crippen molar-refractivity contribution >= 4 is 23.4 Å². The summed E-state index contributed by atoms with van der Waals surface area (Å²) in [5, 5.41) is 12.3. The van der Waals surface area contributed by atoms with E-state index in [-0.39, 0.29) is 53.6 Å². The molecule has 1 saturated heterocycles. The average Bonchev–Trinajstić information content (AvgIpc) is 3.43. The number of phenolic OH excluding ortho intramolecular Hbond substituents is 1. The summed E-state index contributed by atoms with van der Waals surface area (Å²) in [5.74, 6) is -0.838. The smallest absolute Gasteiger partial charge is 0.234 e. The van der Waals surface area contributed by atoms with Crippen LogP contribution in [0.2, 0.25) is 0 Å². The molecule has 0 radical (unpaired) electrons. The van der Waals surface area contributed by atoms with E-state index in [1.165, 1.54) is 17.0 Å². The molecule has 1 aliphatic heterocycles. The number of hydrogen-bond donors (Lipinski definition) is 2. The van der Waals surface area contributed by atoms with Crippen LogP contribution in [0.15, 0.2) is 60.7 Å². The molecule has 2 bridgehead atoms. The van der Waals surface area contributed by atoms with E-state index in [4.69, 9.17) is 0 Å². The molecule has 2 fully saturated rings. The number of aryl methyl sites for hydroxylation is 1. The van der Waals surface area contributed by atoms with E-state index in [0.29, 0.717) is 5.69 Å². The first kappa shape index (κ1) is 19.5. The molecule has 6 nitrogen and oxygen atoms in total. The molecule has 3 amide bonds. The second-order valence-corrected chi connectivity index (χ2v) is 8.72. The van der Waals surface area contributed by atoms with Crippen molar-refractivity contribution in [2.24, 2.45) is 23.7 Å². The van der Waals surface area contributed by atoms with Gasteiger partial charge in [-0.3, -0.25) is 19.3 Å². The summed E-state index contributed by atoms with van der Waals surface area (Å²) < 4.78 is 0.